The number of carbonyl (C=O) groups excluding carboxylic acids is 10. The van der Waals surface area contributed by atoms with Crippen molar-refractivity contribution in [2.24, 2.45) is 0 Å². The third-order valence-corrected chi connectivity index (χ3v) is 22.9. The molecule has 0 spiro atoms. The van der Waals surface area contributed by atoms with E-state index in [1.54, 1.807) is 48.5 Å². The molecule has 0 unspecified atom stereocenters. The number of carboxylic acids is 2. The van der Waals surface area contributed by atoms with Gasteiger partial charge in [0.2, 0.25) is 29.4 Å². The summed E-state index contributed by atoms with van der Waals surface area (Å²) in [5.41, 5.74) is 4.52. The normalized spacial score (nSPS) is 19.1. The molecule has 40 heteroatoms. The Morgan fingerprint density at radius 2 is 0.879 bits per heavy atom. The molecule has 0 bridgehead atoms. The van der Waals surface area contributed by atoms with Gasteiger partial charge in [0.15, 0.2) is 12.1 Å². The van der Waals surface area contributed by atoms with Crippen LogP contribution >= 0.6 is 23.5 Å². The van der Waals surface area contributed by atoms with E-state index in [0.29, 0.717) is 81.6 Å². The number of benzene rings is 5. The molecule has 0 aromatic heterocycles. The Kier molecular flexibility index (Phi) is 50.0. The molecule has 2 saturated heterocycles. The van der Waals surface area contributed by atoms with E-state index in [1.165, 1.54) is 48.6 Å². The number of ketones is 2. The van der Waals surface area contributed by atoms with Crippen LogP contribution in [0.1, 0.15) is 132 Å². The SMILES string of the molecule is CC(=O)N[C@H]1[C@H]([C@H](O)[C@H](O)CNC(=O)c2ccc(-c3ccccc3)cc2)O[C@](C=O)(OCCCSCCNC(=O)c2ccc(C(=O)CCCSCCCO[C@]3(C(=O)O)C[C@H](O)[C@@H](NC(C)=O)[C@H]([C@H](O)[C@H](O)CNC(=O)c4ccc(-c5ccccc5)cc4)O3)c(OCCOCCOCCOCCOCCOCCCC(=O)CCC(=O)NCCOCCNC(=O)CCC(=O)O)c2)C[C@@H]1O. The first kappa shape index (κ1) is 109. The van der Waals surface area contributed by atoms with Crippen LogP contribution in [-0.2, 0) is 85.7 Å². The minimum absolute atomic E-state index is 0.0244. The van der Waals surface area contributed by atoms with Gasteiger partial charge in [0.1, 0.15) is 42.6 Å². The fourth-order valence-electron chi connectivity index (χ4n) is 13.8. The number of nitrogens with one attached hydrogen (secondary N) is 7. The van der Waals surface area contributed by atoms with Crippen LogP contribution in [0, 0.1) is 0 Å². The van der Waals surface area contributed by atoms with Gasteiger partial charge in [-0.05, 0) is 108 Å². The summed E-state index contributed by atoms with van der Waals surface area (Å²) in [7, 11) is 0. The molecule has 132 heavy (non-hydrogen) atoms. The van der Waals surface area contributed by atoms with E-state index in [0.717, 1.165) is 29.2 Å². The highest BCUT2D eigenvalue weighted by atomic mass is 32.2. The fraction of sp³-hybridized carbons (Fsp3) is 0.543. The molecule has 5 aromatic rings. The van der Waals surface area contributed by atoms with Crippen LogP contribution in [0.15, 0.2) is 127 Å². The highest BCUT2D eigenvalue weighted by Gasteiger charge is 2.56. The second-order valence-electron chi connectivity index (χ2n) is 31.0. The van der Waals surface area contributed by atoms with Crippen LogP contribution in [0.3, 0.4) is 0 Å². The Bertz CT molecular complexity index is 4380. The molecule has 726 valence electrons. The predicted octanol–water partition coefficient (Wildman–Crippen LogP) is 2.99. The van der Waals surface area contributed by atoms with Gasteiger partial charge in [-0.1, -0.05) is 84.9 Å². The van der Waals surface area contributed by atoms with Gasteiger partial charge >= 0.3 is 11.9 Å². The third kappa shape index (κ3) is 39.4. The fourth-order valence-corrected chi connectivity index (χ4v) is 15.4. The first-order valence-electron chi connectivity index (χ1n) is 43.9. The average molecular weight is 1890 g/mol. The van der Waals surface area contributed by atoms with E-state index in [-0.39, 0.29) is 176 Å². The number of aliphatic hydroxyl groups excluding tert-OH is 6. The van der Waals surface area contributed by atoms with E-state index in [4.69, 9.17) is 57.2 Å². The molecule has 12 atom stereocenters. The molecule has 15 N–H and O–H groups in total. The summed E-state index contributed by atoms with van der Waals surface area (Å²) in [6.45, 7) is 4.61. The maximum atomic E-state index is 14.0. The van der Waals surface area contributed by atoms with E-state index in [1.807, 2.05) is 60.7 Å². The molecule has 0 aliphatic carbocycles. The second kappa shape index (κ2) is 60.4. The predicted molar refractivity (Wildman–Crippen MR) is 483 cm³/mol. The number of aldehydes is 1. The highest BCUT2D eigenvalue weighted by Crippen LogP contribution is 2.36. The van der Waals surface area contributed by atoms with Crippen molar-refractivity contribution in [1.29, 1.82) is 0 Å². The van der Waals surface area contributed by atoms with Crippen molar-refractivity contribution in [2.75, 3.05) is 155 Å². The zero-order chi connectivity index (χ0) is 95.5. The van der Waals surface area contributed by atoms with Crippen molar-refractivity contribution in [1.82, 2.24) is 37.2 Å². The monoisotopic (exact) mass is 1890 g/mol. The lowest BCUT2D eigenvalue weighted by Crippen LogP contribution is -2.68. The number of carboxylic acid groups (broad SMARTS) is 2. The van der Waals surface area contributed by atoms with Gasteiger partial charge in [0.25, 0.3) is 23.5 Å². The molecule has 7 rings (SSSR count). The van der Waals surface area contributed by atoms with Crippen LogP contribution in [-0.4, -0.2) is 339 Å². The van der Waals surface area contributed by atoms with Crippen molar-refractivity contribution in [3.63, 3.8) is 0 Å². The molecule has 7 amide bonds. The molecule has 2 aliphatic heterocycles. The van der Waals surface area contributed by atoms with Gasteiger partial charge in [-0.15, -0.1) is 0 Å². The van der Waals surface area contributed by atoms with Crippen molar-refractivity contribution in [3.8, 4) is 28.0 Å². The Morgan fingerprint density at radius 1 is 0.439 bits per heavy atom. The van der Waals surface area contributed by atoms with Crippen LogP contribution in [0.4, 0.5) is 0 Å². The molecule has 2 fully saturated rings. The Morgan fingerprint density at radius 3 is 1.38 bits per heavy atom. The molecule has 5 aromatic carbocycles. The maximum Gasteiger partial charge on any atom is 0.364 e. The molecule has 2 heterocycles. The lowest BCUT2D eigenvalue weighted by molar-refractivity contribution is -0.310. The summed E-state index contributed by atoms with van der Waals surface area (Å²) in [4.78, 5) is 151. The van der Waals surface area contributed by atoms with Crippen molar-refractivity contribution in [2.45, 2.75) is 163 Å². The van der Waals surface area contributed by atoms with Gasteiger partial charge < -0.3 is 130 Å². The Labute approximate surface area is 774 Å². The first-order chi connectivity index (χ1) is 63.6. The zero-order valence-corrected chi connectivity index (χ0v) is 75.8. The van der Waals surface area contributed by atoms with Crippen molar-refractivity contribution < 1.29 is 150 Å². The summed E-state index contributed by atoms with van der Waals surface area (Å²) in [6.07, 6.45) is -13.0. The van der Waals surface area contributed by atoms with E-state index in [9.17, 15) is 93.3 Å². The Hall–Kier alpha value is -9.80. The van der Waals surface area contributed by atoms with Crippen LogP contribution < -0.4 is 42.0 Å². The number of aliphatic hydroxyl groups is 6. The number of aliphatic carboxylic acids is 2. The minimum Gasteiger partial charge on any atom is -0.490 e. The largest absolute Gasteiger partial charge is 0.490 e. The van der Waals surface area contributed by atoms with Gasteiger partial charge in [-0.2, -0.15) is 23.5 Å². The number of thioether (sulfide) groups is 2. The molecule has 0 radical (unpaired) electrons. The van der Waals surface area contributed by atoms with Gasteiger partial charge in [0, 0.05) is 121 Å². The number of amides is 7. The quantitative estimate of drug-likeness (QED) is 0.0151. The molecular formula is C92H125N7O31S2. The highest BCUT2D eigenvalue weighted by molar-refractivity contribution is 7.99. The maximum absolute atomic E-state index is 14.0. The smallest absolute Gasteiger partial charge is 0.364 e. The van der Waals surface area contributed by atoms with Crippen molar-refractivity contribution in [3.05, 3.63) is 150 Å². The second-order valence-corrected chi connectivity index (χ2v) is 33.4. The summed E-state index contributed by atoms with van der Waals surface area (Å²) < 4.78 is 63.2. The average Bonchev–Trinajstić information content (AvgIpc) is 0.772. The minimum atomic E-state index is -2.54. The number of hydrogen-bond acceptors (Lipinski definition) is 31. The molecule has 0 saturated carbocycles. The number of rotatable bonds is 67. The van der Waals surface area contributed by atoms with Gasteiger partial charge in [-0.25, -0.2) is 4.79 Å². The number of Topliss-reactive ketones (excluding diaryl/α,β-unsaturated/α-hetero) is 2. The van der Waals surface area contributed by atoms with Crippen molar-refractivity contribution >= 4 is 94.7 Å². The van der Waals surface area contributed by atoms with Crippen LogP contribution in [0.25, 0.3) is 22.3 Å². The Balaban J connectivity index is 0.818. The topological polar surface area (TPSA) is 552 Å². The zero-order valence-electron chi connectivity index (χ0n) is 74.2. The van der Waals surface area contributed by atoms with Crippen LogP contribution in [0.5, 0.6) is 5.75 Å². The number of carbonyl (C=O) groups is 12. The summed E-state index contributed by atoms with van der Waals surface area (Å²) in [6, 6.07) is 34.2. The number of hydrogen-bond donors (Lipinski definition) is 15. The standard InChI is InChI=1S/C92H125N7O31S2/c1-61(101)98-81-73(105)56-91(60-100,129-85(81)83(113)75(107)58-96-87(115)67-23-19-65(20-24-67)63-13-5-3-6-14-63)127-37-11-53-132-54-35-95-89(117)69-27-29-71(77(55-69)126-50-49-125-48-47-124-46-45-123-44-43-122-42-41-120-36-9-17-70(103)28-30-78(109)93-33-39-121-40-34-94-79(110)31-32-80(111)112)72(104)18-10-51-131-52-12-38-128-92(90(118)119)57-74(106)82(99-62(2)102)86(130-92)84(114)76(108)59-97-88(116)68-25-21-66(22-26-68)64-15-7-4-8-16-64/h3-8,13-16,19-27,29,55,60,73-76,81-86,105-108,113-114H,9-12,17-18,28,30-54,56-59H2,1-2H3,(H,93,109)(H,94,110)(H,95,117)(H,96,115)(H,97,116)(H,98,101)(H,99,102)(H,111,112)(H,118,119)/t73-,74-,75+,76+,81+,82+,83+,84+,85+,86+,91+,92+/m0/s1. The van der Waals surface area contributed by atoms with E-state index < -0.39 is 146 Å². The molecule has 38 nitrogen and oxygen atoms in total. The number of ether oxygens (including phenoxy) is 11. The summed E-state index contributed by atoms with van der Waals surface area (Å²) in [5.74, 6) is -9.39. The molecule has 2 aliphatic rings. The summed E-state index contributed by atoms with van der Waals surface area (Å²) >= 11 is 2.88. The van der Waals surface area contributed by atoms with Gasteiger partial charge in [-0.3, -0.25) is 52.7 Å². The van der Waals surface area contributed by atoms with Crippen LogP contribution in [0.2, 0.25) is 0 Å². The summed E-state index contributed by atoms with van der Waals surface area (Å²) in [5, 5.41) is 105. The first-order valence-corrected chi connectivity index (χ1v) is 46.2. The molecular weight excluding hydrogens is 1760 g/mol. The van der Waals surface area contributed by atoms with Gasteiger partial charge in [0.05, 0.1) is 134 Å². The van der Waals surface area contributed by atoms with E-state index in [2.05, 4.69) is 37.2 Å². The lowest BCUT2D eigenvalue weighted by Gasteiger charge is -2.46. The third-order valence-electron chi connectivity index (χ3n) is 20.7. The lowest BCUT2D eigenvalue weighted by atomic mass is 9.88. The van der Waals surface area contributed by atoms with E-state index >= 15 is 0 Å².